The number of ether oxygens (including phenoxy) is 1. The van der Waals surface area contributed by atoms with Crippen LogP contribution in [0.2, 0.25) is 0 Å². The number of aliphatic carboxylic acids is 1. The number of hydrogen-bond acceptors (Lipinski definition) is 4. The molecule has 0 aliphatic heterocycles. The number of nitrogens with one attached hydrogen (secondary N) is 2. The van der Waals surface area contributed by atoms with Crippen molar-refractivity contribution in [3.05, 3.63) is 65.0 Å². The summed E-state index contributed by atoms with van der Waals surface area (Å²) >= 11 is 0. The lowest BCUT2D eigenvalue weighted by molar-refractivity contribution is -0.142. The first kappa shape index (κ1) is 20.9. The zero-order valence-electron chi connectivity index (χ0n) is 15.5. The second kappa shape index (κ2) is 9.50. The molecular weight excluding hydrogens is 367 g/mol. The summed E-state index contributed by atoms with van der Waals surface area (Å²) in [6.07, 6.45) is 0.333. The zero-order valence-corrected chi connectivity index (χ0v) is 15.5. The number of benzene rings is 2. The summed E-state index contributed by atoms with van der Waals surface area (Å²) in [6.45, 7) is 0. The van der Waals surface area contributed by atoms with Gasteiger partial charge in [-0.15, -0.1) is 0 Å². The Morgan fingerprint density at radius 1 is 1.18 bits per heavy atom. The lowest BCUT2D eigenvalue weighted by Crippen LogP contribution is -2.34. The van der Waals surface area contributed by atoms with Crippen LogP contribution in [0.15, 0.2) is 42.5 Å². The van der Waals surface area contributed by atoms with Gasteiger partial charge in [-0.05, 0) is 41.8 Å². The number of carboxylic acids is 1. The third kappa shape index (κ3) is 5.29. The fourth-order valence-corrected chi connectivity index (χ4v) is 2.65. The van der Waals surface area contributed by atoms with Gasteiger partial charge in [0.2, 0.25) is 5.91 Å². The third-order valence-electron chi connectivity index (χ3n) is 4.12. The number of methoxy groups -OCH3 is 1. The molecule has 0 fully saturated rings. The smallest absolute Gasteiger partial charge is 0.330 e. The molecule has 2 rings (SSSR count). The van der Waals surface area contributed by atoms with Gasteiger partial charge in [0.05, 0.1) is 7.11 Å². The van der Waals surface area contributed by atoms with E-state index in [2.05, 4.69) is 10.6 Å². The van der Waals surface area contributed by atoms with Gasteiger partial charge >= 0.3 is 5.97 Å². The van der Waals surface area contributed by atoms with Crippen molar-refractivity contribution in [2.45, 2.75) is 18.9 Å². The van der Waals surface area contributed by atoms with E-state index in [0.29, 0.717) is 12.0 Å². The molecule has 1 unspecified atom stereocenters. The number of carbonyl (C=O) groups excluding carboxylic acids is 2. The van der Waals surface area contributed by atoms with Crippen LogP contribution >= 0.6 is 0 Å². The van der Waals surface area contributed by atoms with Crippen molar-refractivity contribution in [2.24, 2.45) is 0 Å². The second-order valence-electron chi connectivity index (χ2n) is 6.01. The van der Waals surface area contributed by atoms with Gasteiger partial charge in [0.1, 0.15) is 0 Å². The van der Waals surface area contributed by atoms with Gasteiger partial charge in [-0.3, -0.25) is 9.59 Å². The fourth-order valence-electron chi connectivity index (χ4n) is 2.65. The average Bonchev–Trinajstić information content (AvgIpc) is 2.69. The number of carboxylic acid groups (broad SMARTS) is 1. The van der Waals surface area contributed by atoms with Crippen LogP contribution in [0.1, 0.15) is 33.9 Å². The molecule has 28 heavy (non-hydrogen) atoms. The van der Waals surface area contributed by atoms with Crippen LogP contribution in [-0.4, -0.2) is 37.0 Å². The summed E-state index contributed by atoms with van der Waals surface area (Å²) in [4.78, 5) is 35.4. The lowest BCUT2D eigenvalue weighted by Gasteiger charge is -2.16. The van der Waals surface area contributed by atoms with Crippen molar-refractivity contribution in [1.82, 2.24) is 10.6 Å². The molecule has 2 aromatic carbocycles. The number of hydrogen-bond donors (Lipinski definition) is 3. The van der Waals surface area contributed by atoms with Gasteiger partial charge in [-0.25, -0.2) is 9.18 Å². The van der Waals surface area contributed by atoms with E-state index in [1.165, 1.54) is 26.3 Å². The zero-order chi connectivity index (χ0) is 20.7. The molecule has 0 saturated heterocycles. The van der Waals surface area contributed by atoms with E-state index in [1.807, 2.05) is 0 Å². The molecule has 1 atom stereocenters. The highest BCUT2D eigenvalue weighted by atomic mass is 19.1. The maximum Gasteiger partial charge on any atom is 0.330 e. The van der Waals surface area contributed by atoms with Crippen LogP contribution in [0, 0.1) is 5.82 Å². The van der Waals surface area contributed by atoms with Crippen molar-refractivity contribution >= 4 is 17.8 Å². The van der Waals surface area contributed by atoms with Crippen molar-refractivity contribution in [2.75, 3.05) is 14.2 Å². The Hall–Kier alpha value is -3.42. The van der Waals surface area contributed by atoms with Crippen LogP contribution in [0.5, 0.6) is 5.75 Å². The molecule has 0 aliphatic carbocycles. The Morgan fingerprint density at radius 3 is 2.54 bits per heavy atom. The topological polar surface area (TPSA) is 105 Å². The Morgan fingerprint density at radius 2 is 1.93 bits per heavy atom. The molecular formula is C20H21FN2O5. The van der Waals surface area contributed by atoms with Gasteiger partial charge in [0, 0.05) is 19.0 Å². The van der Waals surface area contributed by atoms with E-state index in [4.69, 9.17) is 4.74 Å². The second-order valence-corrected chi connectivity index (χ2v) is 6.01. The molecule has 0 heterocycles. The van der Waals surface area contributed by atoms with Crippen molar-refractivity contribution in [1.29, 1.82) is 0 Å². The predicted octanol–water partition coefficient (Wildman–Crippen LogP) is 2.07. The Balaban J connectivity index is 2.04. The first-order valence-corrected chi connectivity index (χ1v) is 8.52. The van der Waals surface area contributed by atoms with E-state index in [1.54, 1.807) is 24.3 Å². The van der Waals surface area contributed by atoms with Crippen LogP contribution < -0.4 is 15.4 Å². The average molecular weight is 388 g/mol. The number of amides is 2. The highest BCUT2D eigenvalue weighted by Crippen LogP contribution is 2.22. The van der Waals surface area contributed by atoms with E-state index in [-0.39, 0.29) is 23.6 Å². The molecule has 2 aromatic rings. The molecule has 0 aromatic heterocycles. The number of rotatable bonds is 8. The highest BCUT2D eigenvalue weighted by molar-refractivity contribution is 5.94. The number of halogens is 1. The Bertz CT molecular complexity index is 885. The minimum absolute atomic E-state index is 0.0135. The van der Waals surface area contributed by atoms with Crippen LogP contribution in [-0.2, 0) is 16.0 Å². The maximum atomic E-state index is 13.9. The van der Waals surface area contributed by atoms with E-state index in [0.717, 1.165) is 11.6 Å². The summed E-state index contributed by atoms with van der Waals surface area (Å²) in [6, 6.07) is 9.12. The molecule has 0 aliphatic rings. The molecule has 8 heteroatoms. The highest BCUT2D eigenvalue weighted by Gasteiger charge is 2.23. The molecule has 7 nitrogen and oxygen atoms in total. The van der Waals surface area contributed by atoms with Crippen molar-refractivity contribution in [3.8, 4) is 5.75 Å². The minimum Gasteiger partial charge on any atom is -0.494 e. The normalized spacial score (nSPS) is 11.4. The summed E-state index contributed by atoms with van der Waals surface area (Å²) in [5, 5.41) is 14.3. The van der Waals surface area contributed by atoms with Crippen LogP contribution in [0.3, 0.4) is 0 Å². The first-order valence-electron chi connectivity index (χ1n) is 8.52. The summed E-state index contributed by atoms with van der Waals surface area (Å²) < 4.78 is 18.7. The molecule has 0 saturated carbocycles. The van der Waals surface area contributed by atoms with Crippen molar-refractivity contribution < 1.29 is 28.6 Å². The molecule has 3 N–H and O–H groups in total. The van der Waals surface area contributed by atoms with E-state index >= 15 is 0 Å². The quantitative estimate of drug-likeness (QED) is 0.642. The maximum absolute atomic E-state index is 13.9. The first-order chi connectivity index (χ1) is 13.3. The summed E-state index contributed by atoms with van der Waals surface area (Å²) in [7, 11) is 2.82. The molecule has 0 radical (unpaired) electrons. The Labute approximate surface area is 161 Å². The minimum atomic E-state index is -1.38. The summed E-state index contributed by atoms with van der Waals surface area (Å²) in [5.41, 5.74) is 1.33. The summed E-state index contributed by atoms with van der Waals surface area (Å²) in [5.74, 6) is -2.78. The van der Waals surface area contributed by atoms with E-state index in [9.17, 15) is 23.9 Å². The fraction of sp³-hybridized carbons (Fsp3) is 0.250. The molecule has 2 amide bonds. The van der Waals surface area contributed by atoms with Gasteiger partial charge in [-0.1, -0.05) is 18.2 Å². The van der Waals surface area contributed by atoms with Gasteiger partial charge in [0.15, 0.2) is 17.6 Å². The van der Waals surface area contributed by atoms with Crippen LogP contribution in [0.4, 0.5) is 4.39 Å². The molecule has 0 spiro atoms. The lowest BCUT2D eigenvalue weighted by atomic mass is 10.0. The SMILES string of the molecule is CNC(=O)c1cccc(CCC(=O)NC(C(=O)O)c2ccc(OC)c(F)c2)c1. The van der Waals surface area contributed by atoms with Gasteiger partial charge in [-0.2, -0.15) is 0 Å². The standard InChI is InChI=1S/C20H21FN2O5/c1-22-19(25)14-5-3-4-12(10-14)6-9-17(24)23-18(20(26)27)13-7-8-16(28-2)15(21)11-13/h3-5,7-8,10-11,18H,6,9H2,1-2H3,(H,22,25)(H,23,24)(H,26,27). The van der Waals surface area contributed by atoms with Gasteiger partial charge < -0.3 is 20.5 Å². The van der Waals surface area contributed by atoms with Crippen LogP contribution in [0.25, 0.3) is 0 Å². The molecule has 148 valence electrons. The Kier molecular flexibility index (Phi) is 7.08. The van der Waals surface area contributed by atoms with Gasteiger partial charge in [0.25, 0.3) is 5.91 Å². The van der Waals surface area contributed by atoms with E-state index < -0.39 is 23.7 Å². The monoisotopic (exact) mass is 388 g/mol. The molecule has 0 bridgehead atoms. The number of carbonyl (C=O) groups is 3. The predicted molar refractivity (Wildman–Crippen MR) is 99.6 cm³/mol. The number of aryl methyl sites for hydroxylation is 1. The van der Waals surface area contributed by atoms with Crippen molar-refractivity contribution in [3.63, 3.8) is 0 Å². The third-order valence-corrected chi connectivity index (χ3v) is 4.12. The largest absolute Gasteiger partial charge is 0.494 e.